The summed E-state index contributed by atoms with van der Waals surface area (Å²) in [7, 11) is 4.88. The lowest BCUT2D eigenvalue weighted by molar-refractivity contribution is -0.116. The molecule has 4 rings (SSSR count). The van der Waals surface area contributed by atoms with E-state index in [9.17, 15) is 4.79 Å². The van der Waals surface area contributed by atoms with E-state index in [1.54, 1.807) is 45.0 Å². The van der Waals surface area contributed by atoms with Crippen molar-refractivity contribution in [2.75, 3.05) is 21.3 Å². The molecule has 0 fully saturated rings. The summed E-state index contributed by atoms with van der Waals surface area (Å²) in [6.45, 7) is 4.35. The van der Waals surface area contributed by atoms with E-state index < -0.39 is 0 Å². The lowest BCUT2D eigenvalue weighted by Gasteiger charge is -2.14. The first kappa shape index (κ1) is 23.4. The molecule has 0 aliphatic carbocycles. The Morgan fingerprint density at radius 1 is 1.09 bits per heavy atom. The van der Waals surface area contributed by atoms with E-state index in [0.717, 1.165) is 43.7 Å². The smallest absolute Gasteiger partial charge is 0.244 e. The van der Waals surface area contributed by atoms with Crippen LogP contribution in [0.15, 0.2) is 58.5 Å². The van der Waals surface area contributed by atoms with Crippen molar-refractivity contribution in [2.45, 2.75) is 20.4 Å². The molecule has 34 heavy (non-hydrogen) atoms. The molecule has 0 saturated carbocycles. The fourth-order valence-electron chi connectivity index (χ4n) is 4.02. The van der Waals surface area contributed by atoms with Crippen LogP contribution >= 0.6 is 11.3 Å². The van der Waals surface area contributed by atoms with Crippen LogP contribution in [0, 0.1) is 6.92 Å². The summed E-state index contributed by atoms with van der Waals surface area (Å²) in [6.07, 6.45) is 3.31. The minimum atomic E-state index is -0.160. The van der Waals surface area contributed by atoms with Crippen molar-refractivity contribution in [2.24, 2.45) is 0 Å². The van der Waals surface area contributed by atoms with Gasteiger partial charge in [-0.1, -0.05) is 6.07 Å². The first-order valence-corrected chi connectivity index (χ1v) is 11.6. The van der Waals surface area contributed by atoms with Crippen LogP contribution < -0.4 is 19.5 Å². The molecule has 0 aliphatic heterocycles. The van der Waals surface area contributed by atoms with E-state index in [4.69, 9.17) is 18.6 Å². The second-order valence-corrected chi connectivity index (χ2v) is 8.83. The highest BCUT2D eigenvalue weighted by molar-refractivity contribution is 7.09. The first-order valence-electron chi connectivity index (χ1n) is 10.8. The molecule has 0 spiro atoms. The van der Waals surface area contributed by atoms with Gasteiger partial charge >= 0.3 is 0 Å². The van der Waals surface area contributed by atoms with Crippen LogP contribution in [0.4, 0.5) is 0 Å². The largest absolute Gasteiger partial charge is 0.497 e. The molecule has 4 aromatic rings. The van der Waals surface area contributed by atoms with Gasteiger partial charge in [-0.2, -0.15) is 0 Å². The third-order valence-electron chi connectivity index (χ3n) is 5.73. The van der Waals surface area contributed by atoms with Crippen LogP contribution in [0.25, 0.3) is 27.7 Å². The lowest BCUT2D eigenvalue weighted by atomic mass is 9.96. The third kappa shape index (κ3) is 4.52. The Morgan fingerprint density at radius 2 is 1.91 bits per heavy atom. The normalized spacial score (nSPS) is 11.5. The Morgan fingerprint density at radius 3 is 2.59 bits per heavy atom. The zero-order chi connectivity index (χ0) is 24.2. The summed E-state index contributed by atoms with van der Waals surface area (Å²) in [5, 5.41) is 5.83. The predicted molar refractivity (Wildman–Crippen MR) is 136 cm³/mol. The SMILES string of the molecule is COc1ccc(OC)c(-c2coc3c(C)c(OC)c(/C(C)=C/C(=O)NCc4cccs4)cc23)c1. The third-order valence-corrected chi connectivity index (χ3v) is 6.61. The molecule has 7 heteroatoms. The average molecular weight is 478 g/mol. The van der Waals surface area contributed by atoms with E-state index in [0.29, 0.717) is 23.8 Å². The van der Waals surface area contributed by atoms with Crippen LogP contribution in [0.3, 0.4) is 0 Å². The number of ether oxygens (including phenoxy) is 3. The van der Waals surface area contributed by atoms with Crippen LogP contribution in [0.2, 0.25) is 0 Å². The number of fused-ring (bicyclic) bond motifs is 1. The number of carbonyl (C=O) groups excluding carboxylic acids is 1. The van der Waals surface area contributed by atoms with E-state index in [-0.39, 0.29) is 5.91 Å². The van der Waals surface area contributed by atoms with Crippen LogP contribution in [-0.4, -0.2) is 27.2 Å². The van der Waals surface area contributed by atoms with Crippen LogP contribution in [0.1, 0.15) is 22.9 Å². The van der Waals surface area contributed by atoms with Gasteiger partial charge < -0.3 is 23.9 Å². The maximum atomic E-state index is 12.6. The molecule has 0 radical (unpaired) electrons. The van der Waals surface area contributed by atoms with Crippen LogP contribution in [0.5, 0.6) is 17.2 Å². The number of hydrogen-bond donors (Lipinski definition) is 1. The molecule has 6 nitrogen and oxygen atoms in total. The number of hydrogen-bond acceptors (Lipinski definition) is 6. The average Bonchev–Trinajstić information content (AvgIpc) is 3.52. The number of aryl methyl sites for hydroxylation is 1. The molecule has 0 atom stereocenters. The Bertz CT molecular complexity index is 1350. The van der Waals surface area contributed by atoms with Crippen molar-refractivity contribution < 1.29 is 23.4 Å². The zero-order valence-corrected chi connectivity index (χ0v) is 20.7. The molecule has 1 amide bonds. The monoisotopic (exact) mass is 477 g/mol. The second kappa shape index (κ2) is 10.1. The van der Waals surface area contributed by atoms with E-state index in [1.807, 2.05) is 55.6 Å². The summed E-state index contributed by atoms with van der Waals surface area (Å²) < 4.78 is 22.7. The summed E-state index contributed by atoms with van der Waals surface area (Å²) in [5.74, 6) is 1.94. The number of methoxy groups -OCH3 is 3. The molecule has 0 saturated heterocycles. The number of thiophene rings is 1. The maximum Gasteiger partial charge on any atom is 0.244 e. The second-order valence-electron chi connectivity index (χ2n) is 7.80. The Balaban J connectivity index is 1.78. The minimum Gasteiger partial charge on any atom is -0.497 e. The quantitative estimate of drug-likeness (QED) is 0.305. The summed E-state index contributed by atoms with van der Waals surface area (Å²) in [6, 6.07) is 11.6. The van der Waals surface area contributed by atoms with Gasteiger partial charge in [0.05, 0.1) is 34.1 Å². The Hall–Kier alpha value is -3.71. The number of allylic oxidation sites excluding steroid dienone is 1. The van der Waals surface area contributed by atoms with Crippen molar-refractivity contribution in [3.8, 4) is 28.4 Å². The van der Waals surface area contributed by atoms with Gasteiger partial charge in [0, 0.05) is 38.6 Å². The number of amides is 1. The number of benzene rings is 2. The molecule has 176 valence electrons. The minimum absolute atomic E-state index is 0.160. The predicted octanol–water partition coefficient (Wildman–Crippen LogP) is 6.22. The molecule has 1 N–H and O–H groups in total. The molecule has 0 unspecified atom stereocenters. The first-order chi connectivity index (χ1) is 16.5. The molecule has 2 aromatic carbocycles. The molecule has 0 aliphatic rings. The van der Waals surface area contributed by atoms with E-state index in [2.05, 4.69) is 5.32 Å². The summed E-state index contributed by atoms with van der Waals surface area (Å²) in [5.41, 5.74) is 4.91. The lowest BCUT2D eigenvalue weighted by Crippen LogP contribution is -2.20. The van der Waals surface area contributed by atoms with Gasteiger partial charge in [-0.3, -0.25) is 4.79 Å². The molecular weight excluding hydrogens is 450 g/mol. The number of carbonyl (C=O) groups is 1. The highest BCUT2D eigenvalue weighted by Crippen LogP contribution is 2.43. The Kier molecular flexibility index (Phi) is 6.93. The Labute approximate surface area is 202 Å². The standard InChI is InChI=1S/C27H27NO5S/c1-16(11-25(29)28-14-19-7-6-10-34-19)20-13-22-23(15-33-27(22)17(2)26(20)32-5)21-12-18(30-3)8-9-24(21)31-4/h6-13,15H,14H2,1-5H3,(H,28,29)/b16-11+. The topological polar surface area (TPSA) is 69.9 Å². The van der Waals surface area contributed by atoms with Gasteiger partial charge in [-0.15, -0.1) is 11.3 Å². The number of furan rings is 1. The number of rotatable bonds is 8. The molecule has 2 aromatic heterocycles. The van der Waals surface area contributed by atoms with Crippen molar-refractivity contribution in [3.05, 3.63) is 70.1 Å². The van der Waals surface area contributed by atoms with Crippen molar-refractivity contribution in [1.29, 1.82) is 0 Å². The highest BCUT2D eigenvalue weighted by Gasteiger charge is 2.20. The van der Waals surface area contributed by atoms with Gasteiger partial charge in [-0.25, -0.2) is 0 Å². The van der Waals surface area contributed by atoms with Crippen molar-refractivity contribution in [1.82, 2.24) is 5.32 Å². The van der Waals surface area contributed by atoms with Gasteiger partial charge in [0.1, 0.15) is 22.8 Å². The van der Waals surface area contributed by atoms with Crippen molar-refractivity contribution in [3.63, 3.8) is 0 Å². The molecular formula is C27H27NO5S. The fraction of sp³-hybridized carbons (Fsp3) is 0.222. The van der Waals surface area contributed by atoms with E-state index >= 15 is 0 Å². The fourth-order valence-corrected chi connectivity index (χ4v) is 4.66. The highest BCUT2D eigenvalue weighted by atomic mass is 32.1. The van der Waals surface area contributed by atoms with Crippen molar-refractivity contribution >= 4 is 33.8 Å². The maximum absolute atomic E-state index is 12.6. The van der Waals surface area contributed by atoms with Gasteiger partial charge in [0.25, 0.3) is 0 Å². The van der Waals surface area contributed by atoms with Gasteiger partial charge in [0.2, 0.25) is 5.91 Å². The zero-order valence-electron chi connectivity index (χ0n) is 19.9. The van der Waals surface area contributed by atoms with Gasteiger partial charge in [0.15, 0.2) is 0 Å². The van der Waals surface area contributed by atoms with E-state index in [1.165, 1.54) is 0 Å². The number of nitrogens with one attached hydrogen (secondary N) is 1. The summed E-state index contributed by atoms with van der Waals surface area (Å²) >= 11 is 1.61. The molecule has 2 heterocycles. The van der Waals surface area contributed by atoms with Crippen LogP contribution in [-0.2, 0) is 11.3 Å². The summed E-state index contributed by atoms with van der Waals surface area (Å²) in [4.78, 5) is 13.7. The van der Waals surface area contributed by atoms with Gasteiger partial charge in [-0.05, 0) is 55.1 Å². The molecule has 0 bridgehead atoms.